The lowest BCUT2D eigenvalue weighted by Gasteiger charge is -2.31. The van der Waals surface area contributed by atoms with E-state index in [4.69, 9.17) is 4.74 Å². The maximum Gasteiger partial charge on any atom is 0.416 e. The Morgan fingerprint density at radius 1 is 1.28 bits per heavy atom. The molecule has 176 valence electrons. The quantitative estimate of drug-likeness (QED) is 0.662. The van der Waals surface area contributed by atoms with Crippen LogP contribution >= 0.6 is 0 Å². The molecule has 1 saturated heterocycles. The third kappa shape index (κ3) is 5.77. The van der Waals surface area contributed by atoms with E-state index in [1.165, 1.54) is 16.8 Å². The second-order valence-electron chi connectivity index (χ2n) is 7.78. The van der Waals surface area contributed by atoms with Crippen LogP contribution in [0, 0.1) is 0 Å². The number of rotatable bonds is 8. The molecule has 0 atom stereocenters. The number of likely N-dealkylation sites (tertiary alicyclic amines) is 1. The molecular weight excluding hydrogens is 427 g/mol. The van der Waals surface area contributed by atoms with E-state index >= 15 is 0 Å². The van der Waals surface area contributed by atoms with Gasteiger partial charge in [0, 0.05) is 25.3 Å². The van der Waals surface area contributed by atoms with Crippen molar-refractivity contribution < 1.29 is 22.7 Å². The van der Waals surface area contributed by atoms with Gasteiger partial charge >= 0.3 is 11.9 Å². The normalized spacial score (nSPS) is 15.8. The van der Waals surface area contributed by atoms with Gasteiger partial charge in [0.1, 0.15) is 5.82 Å². The molecule has 0 bridgehead atoms. The summed E-state index contributed by atoms with van der Waals surface area (Å²) in [5.74, 6) is 0.493. The number of hydrogen-bond donors (Lipinski definition) is 1. The molecule has 1 aromatic carbocycles. The zero-order valence-electron chi connectivity index (χ0n) is 18.2. The van der Waals surface area contributed by atoms with Crippen molar-refractivity contribution in [2.75, 3.05) is 38.7 Å². The molecule has 2 heterocycles. The van der Waals surface area contributed by atoms with Crippen LogP contribution in [0.4, 0.5) is 18.9 Å². The summed E-state index contributed by atoms with van der Waals surface area (Å²) in [6, 6.07) is 4.59. The number of nitrogens with one attached hydrogen (secondary N) is 1. The number of piperidine rings is 1. The minimum absolute atomic E-state index is 0.0891. The van der Waals surface area contributed by atoms with Gasteiger partial charge in [-0.15, -0.1) is 0 Å². The van der Waals surface area contributed by atoms with E-state index in [0.717, 1.165) is 30.8 Å². The van der Waals surface area contributed by atoms with Gasteiger partial charge in [0.15, 0.2) is 0 Å². The lowest BCUT2D eigenvalue weighted by atomic mass is 9.96. The summed E-state index contributed by atoms with van der Waals surface area (Å²) >= 11 is 0. The molecule has 1 aromatic heterocycles. The SMILES string of the molecule is CCn1c(C2CCN(CC(=O)Nc3cccc(C(F)(F)F)c3)CC2)nn(CCOC)c1=O. The van der Waals surface area contributed by atoms with E-state index in [-0.39, 0.29) is 29.7 Å². The fraction of sp³-hybridized carbons (Fsp3) is 0.571. The molecule has 1 aliphatic heterocycles. The van der Waals surface area contributed by atoms with Gasteiger partial charge in [-0.2, -0.15) is 18.3 Å². The van der Waals surface area contributed by atoms with Gasteiger partial charge in [0.05, 0.1) is 25.3 Å². The third-order valence-electron chi connectivity index (χ3n) is 5.57. The predicted molar refractivity (Wildman–Crippen MR) is 113 cm³/mol. The Morgan fingerprint density at radius 2 is 2.00 bits per heavy atom. The minimum atomic E-state index is -4.46. The second-order valence-corrected chi connectivity index (χ2v) is 7.78. The number of hydrogen-bond acceptors (Lipinski definition) is 5. The number of carbonyl (C=O) groups is 1. The van der Waals surface area contributed by atoms with Gasteiger partial charge in [-0.25, -0.2) is 9.48 Å². The van der Waals surface area contributed by atoms with E-state index in [0.29, 0.717) is 32.8 Å². The van der Waals surface area contributed by atoms with Gasteiger partial charge in [-0.05, 0) is 51.1 Å². The number of methoxy groups -OCH3 is 1. The van der Waals surface area contributed by atoms with Gasteiger partial charge in [0.25, 0.3) is 0 Å². The van der Waals surface area contributed by atoms with E-state index in [1.807, 2.05) is 11.8 Å². The average Bonchev–Trinajstić information content (AvgIpc) is 3.07. The summed E-state index contributed by atoms with van der Waals surface area (Å²) in [6.45, 7) is 4.57. The largest absolute Gasteiger partial charge is 0.416 e. The number of carbonyl (C=O) groups excluding carboxylic acids is 1. The number of halogens is 3. The van der Waals surface area contributed by atoms with E-state index < -0.39 is 11.7 Å². The number of nitrogens with zero attached hydrogens (tertiary/aromatic N) is 4. The monoisotopic (exact) mass is 455 g/mol. The molecule has 1 aliphatic rings. The van der Waals surface area contributed by atoms with Crippen molar-refractivity contribution in [2.45, 2.75) is 44.9 Å². The molecule has 2 aromatic rings. The smallest absolute Gasteiger partial charge is 0.383 e. The molecule has 0 spiro atoms. The number of amides is 1. The Hall–Kier alpha value is -2.66. The first-order valence-corrected chi connectivity index (χ1v) is 10.6. The zero-order valence-corrected chi connectivity index (χ0v) is 18.2. The topological polar surface area (TPSA) is 81.4 Å². The fourth-order valence-corrected chi connectivity index (χ4v) is 3.91. The Labute approximate surface area is 184 Å². The molecule has 3 rings (SSSR count). The highest BCUT2D eigenvalue weighted by Gasteiger charge is 2.31. The summed E-state index contributed by atoms with van der Waals surface area (Å²) in [5, 5.41) is 7.05. The number of alkyl halides is 3. The first kappa shape index (κ1) is 24.0. The third-order valence-corrected chi connectivity index (χ3v) is 5.57. The van der Waals surface area contributed by atoms with E-state index in [1.54, 1.807) is 11.7 Å². The highest BCUT2D eigenvalue weighted by Crippen LogP contribution is 2.31. The number of aromatic nitrogens is 3. The van der Waals surface area contributed by atoms with Crippen LogP contribution in [-0.4, -0.2) is 58.5 Å². The van der Waals surface area contributed by atoms with Crippen LogP contribution in [0.5, 0.6) is 0 Å². The van der Waals surface area contributed by atoms with Crippen molar-refractivity contribution in [3.63, 3.8) is 0 Å². The summed E-state index contributed by atoms with van der Waals surface area (Å²) < 4.78 is 46.7. The summed E-state index contributed by atoms with van der Waals surface area (Å²) in [5.41, 5.74) is -0.835. The predicted octanol–water partition coefficient (Wildman–Crippen LogP) is 2.55. The Morgan fingerprint density at radius 3 is 2.62 bits per heavy atom. The summed E-state index contributed by atoms with van der Waals surface area (Å²) in [6.07, 6.45) is -2.99. The Bertz CT molecular complexity index is 978. The van der Waals surface area contributed by atoms with E-state index in [9.17, 15) is 22.8 Å². The molecular formula is C21H28F3N5O3. The second kappa shape index (κ2) is 10.3. The average molecular weight is 455 g/mol. The Balaban J connectivity index is 1.56. The molecule has 1 N–H and O–H groups in total. The van der Waals surface area contributed by atoms with Gasteiger partial charge < -0.3 is 10.1 Å². The van der Waals surface area contributed by atoms with E-state index in [2.05, 4.69) is 10.4 Å². The highest BCUT2D eigenvalue weighted by molar-refractivity contribution is 5.92. The van der Waals surface area contributed by atoms with Crippen LogP contribution in [0.1, 0.15) is 37.1 Å². The molecule has 0 aliphatic carbocycles. The Kier molecular flexibility index (Phi) is 7.73. The molecule has 32 heavy (non-hydrogen) atoms. The lowest BCUT2D eigenvalue weighted by molar-refractivity contribution is -0.137. The van der Waals surface area contributed by atoms with Crippen LogP contribution in [-0.2, 0) is 28.8 Å². The minimum Gasteiger partial charge on any atom is -0.383 e. The van der Waals surface area contributed by atoms with Crippen molar-refractivity contribution >= 4 is 11.6 Å². The fourth-order valence-electron chi connectivity index (χ4n) is 3.91. The van der Waals surface area contributed by atoms with Gasteiger partial charge in [0.2, 0.25) is 5.91 Å². The number of ether oxygens (including phenoxy) is 1. The van der Waals surface area contributed by atoms with Crippen molar-refractivity contribution in [1.82, 2.24) is 19.2 Å². The molecule has 0 unspecified atom stereocenters. The molecule has 8 nitrogen and oxygen atoms in total. The van der Waals surface area contributed by atoms with Crippen LogP contribution < -0.4 is 11.0 Å². The summed E-state index contributed by atoms with van der Waals surface area (Å²) in [7, 11) is 1.57. The first-order valence-electron chi connectivity index (χ1n) is 10.6. The number of anilines is 1. The van der Waals surface area contributed by atoms with Gasteiger partial charge in [-0.1, -0.05) is 6.07 Å². The van der Waals surface area contributed by atoms with Crippen LogP contribution in [0.3, 0.4) is 0 Å². The molecule has 11 heteroatoms. The van der Waals surface area contributed by atoms with Crippen molar-refractivity contribution in [1.29, 1.82) is 0 Å². The summed E-state index contributed by atoms with van der Waals surface area (Å²) in [4.78, 5) is 26.8. The number of benzene rings is 1. The van der Waals surface area contributed by atoms with Crippen LogP contribution in [0.15, 0.2) is 29.1 Å². The van der Waals surface area contributed by atoms with Gasteiger partial charge in [-0.3, -0.25) is 14.3 Å². The maximum absolute atomic E-state index is 12.8. The van der Waals surface area contributed by atoms with Crippen LogP contribution in [0.2, 0.25) is 0 Å². The molecule has 1 fully saturated rings. The van der Waals surface area contributed by atoms with Crippen molar-refractivity contribution in [3.05, 3.63) is 46.1 Å². The molecule has 0 radical (unpaired) electrons. The molecule has 0 saturated carbocycles. The standard InChI is InChI=1S/C21H28F3N5O3/c1-3-28-19(26-29(20(28)31)11-12-32-2)15-7-9-27(10-8-15)14-18(30)25-17-6-4-5-16(13-17)21(22,23)24/h4-6,13,15H,3,7-12,14H2,1-2H3,(H,25,30). The highest BCUT2D eigenvalue weighted by atomic mass is 19.4. The first-order chi connectivity index (χ1) is 15.2. The zero-order chi connectivity index (χ0) is 23.3. The molecule has 1 amide bonds. The van der Waals surface area contributed by atoms with Crippen molar-refractivity contribution in [2.24, 2.45) is 0 Å². The van der Waals surface area contributed by atoms with Crippen LogP contribution in [0.25, 0.3) is 0 Å². The lowest BCUT2D eigenvalue weighted by Crippen LogP contribution is -2.39. The maximum atomic E-state index is 12.8. The van der Waals surface area contributed by atoms with Crippen molar-refractivity contribution in [3.8, 4) is 0 Å².